The van der Waals surface area contributed by atoms with Crippen LogP contribution < -0.4 is 2.89 Å². The molecule has 0 aliphatic heterocycles. The van der Waals surface area contributed by atoms with Gasteiger partial charge in [-0.3, -0.25) is 0 Å². The molecule has 0 radical (unpaired) electrons. The summed E-state index contributed by atoms with van der Waals surface area (Å²) in [5, 5.41) is 0. The molecule has 2 aromatic rings. The van der Waals surface area contributed by atoms with Crippen molar-refractivity contribution in [1.29, 1.82) is 0 Å². The third-order valence-electron chi connectivity index (χ3n) is 9.65. The molecular weight excluding hydrogens is 663 g/mol. The van der Waals surface area contributed by atoms with Gasteiger partial charge in [0.25, 0.3) is 0 Å². The summed E-state index contributed by atoms with van der Waals surface area (Å²) >= 11 is 2.29. The van der Waals surface area contributed by atoms with Gasteiger partial charge in [-0.05, 0) is 0 Å². The monoisotopic (exact) mass is 738 g/mol. The normalized spacial score (nSPS) is 12.2. The van der Waals surface area contributed by atoms with Crippen LogP contribution in [0.25, 0.3) is 9.40 Å². The first-order chi connectivity index (χ1) is 20.9. The van der Waals surface area contributed by atoms with E-state index in [-0.39, 0.29) is 0 Å². The molecule has 0 aliphatic rings. The molecule has 0 fully saturated rings. The minimum atomic E-state index is -2.12. The first-order valence-corrected chi connectivity index (χ1v) is 31.1. The molecule has 2 heterocycles. The third-order valence-corrected chi connectivity index (χ3v) is 21.8. The van der Waals surface area contributed by atoms with Crippen molar-refractivity contribution >= 4 is 53.3 Å². The van der Waals surface area contributed by atoms with Crippen LogP contribution in [0.3, 0.4) is 0 Å². The van der Waals surface area contributed by atoms with Gasteiger partial charge < -0.3 is 0 Å². The van der Waals surface area contributed by atoms with E-state index < -0.39 is 18.4 Å². The van der Waals surface area contributed by atoms with Crippen LogP contribution in [0.15, 0.2) is 0 Å². The zero-order valence-electron chi connectivity index (χ0n) is 30.1. The van der Waals surface area contributed by atoms with Crippen LogP contribution >= 0.6 is 22.7 Å². The van der Waals surface area contributed by atoms with E-state index in [0.717, 1.165) is 0 Å². The summed E-state index contributed by atoms with van der Waals surface area (Å²) in [7, 11) is 0. The molecule has 0 amide bonds. The Hall–Kier alpha value is 0.459. The number of thiophene rings is 2. The Labute approximate surface area is 282 Å². The minimum absolute atomic E-state index is 1.32. The molecule has 2 rings (SSSR count). The van der Waals surface area contributed by atoms with E-state index in [1.807, 2.05) is 8.46 Å². The van der Waals surface area contributed by atoms with Crippen molar-refractivity contribution in [2.24, 2.45) is 0 Å². The number of hydrogen-bond acceptors (Lipinski definition) is 2. The van der Waals surface area contributed by atoms with E-state index in [4.69, 9.17) is 0 Å². The average molecular weight is 738 g/mol. The average Bonchev–Trinajstić information content (AvgIpc) is 3.48. The Kier molecular flexibility index (Phi) is 22.7. The molecule has 0 spiro atoms. The quantitative estimate of drug-likeness (QED) is 0.0576. The van der Waals surface area contributed by atoms with E-state index in [0.29, 0.717) is 0 Å². The van der Waals surface area contributed by atoms with Gasteiger partial charge in [-0.1, -0.05) is 78.1 Å². The van der Waals surface area contributed by atoms with E-state index in [9.17, 15) is 0 Å². The molecule has 0 aromatic carbocycles. The van der Waals surface area contributed by atoms with Gasteiger partial charge in [0.2, 0.25) is 0 Å². The molecule has 0 saturated carbocycles. The number of rotatable bonds is 29. The van der Waals surface area contributed by atoms with Gasteiger partial charge in [-0.2, -0.15) is 0 Å². The molecule has 0 unspecified atom stereocenters. The first-order valence-electron chi connectivity index (χ1n) is 19.4. The van der Waals surface area contributed by atoms with Crippen molar-refractivity contribution in [3.8, 4) is 0 Å². The maximum atomic E-state index is 2.65. The maximum absolute atomic E-state index is 2.65. The van der Waals surface area contributed by atoms with E-state index in [1.165, 1.54) is 180 Å². The van der Waals surface area contributed by atoms with E-state index in [1.54, 1.807) is 19.8 Å². The van der Waals surface area contributed by atoms with Gasteiger partial charge in [0.15, 0.2) is 0 Å². The summed E-state index contributed by atoms with van der Waals surface area (Å²) < 4.78 is 5.32. The van der Waals surface area contributed by atoms with Gasteiger partial charge in [-0.25, -0.2) is 0 Å². The van der Waals surface area contributed by atoms with Gasteiger partial charge >= 0.3 is 207 Å². The van der Waals surface area contributed by atoms with Crippen molar-refractivity contribution in [1.82, 2.24) is 0 Å². The number of aryl methyl sites for hydroxylation is 3. The fraction of sp³-hybridized carbons (Fsp3) is 0.850. The third kappa shape index (κ3) is 16.7. The summed E-state index contributed by atoms with van der Waals surface area (Å²) in [6.45, 7) is 7.05. The SMILES string of the molecule is CCCCCCCCCCCCCCCc1c(C)sc2c(CCCCCCCCCCCCCCC)[c]([Sn]([CH3])([CH3])[CH3])sc12. The van der Waals surface area contributed by atoms with E-state index >= 15 is 0 Å². The fourth-order valence-corrected chi connectivity index (χ4v) is 16.9. The van der Waals surface area contributed by atoms with Crippen LogP contribution in [0.5, 0.6) is 0 Å². The zero-order chi connectivity index (χ0) is 31.2. The summed E-state index contributed by atoms with van der Waals surface area (Å²) in [5.41, 5.74) is 3.55. The van der Waals surface area contributed by atoms with Gasteiger partial charge in [0.1, 0.15) is 0 Å². The number of unbranched alkanes of at least 4 members (excludes halogenated alkanes) is 24. The Bertz CT molecular complexity index is 931. The predicted octanol–water partition coefficient (Wildman–Crippen LogP) is 15.1. The van der Waals surface area contributed by atoms with Crippen LogP contribution in [-0.2, 0) is 12.8 Å². The van der Waals surface area contributed by atoms with Crippen LogP contribution in [0.1, 0.15) is 197 Å². The van der Waals surface area contributed by atoms with Crippen molar-refractivity contribution in [3.63, 3.8) is 0 Å². The number of hydrogen-bond donors (Lipinski definition) is 0. The standard InChI is InChI=1S/C37H65S2.3CH3.Sn/c1-4-6-8-10-12-14-16-18-20-22-24-26-28-30-34-32-38-37-35(33(3)39-36(34)37)31-29-27-25-23-21-19-17-15-13-11-9-7-5-2;;;;/h4-31H2,1-3H3;3*1H3;. The molecule has 0 atom stereocenters. The van der Waals surface area contributed by atoms with E-state index in [2.05, 4.69) is 58.3 Å². The van der Waals surface area contributed by atoms with Crippen LogP contribution in [0.2, 0.25) is 14.8 Å². The summed E-state index contributed by atoms with van der Waals surface area (Å²) in [4.78, 5) is 9.57. The van der Waals surface area contributed by atoms with Crippen LogP contribution in [-0.4, -0.2) is 18.4 Å². The van der Waals surface area contributed by atoms with Crippen LogP contribution in [0, 0.1) is 6.92 Å². The molecule has 0 aliphatic carbocycles. The fourth-order valence-electron chi connectivity index (χ4n) is 6.89. The summed E-state index contributed by atoms with van der Waals surface area (Å²) in [6.07, 6.45) is 40.3. The Balaban J connectivity index is 1.68. The molecular formula is C40H74S2Sn. The van der Waals surface area contributed by atoms with Crippen LogP contribution in [0.4, 0.5) is 0 Å². The molecule has 2 aromatic heterocycles. The Morgan fingerprint density at radius 3 is 1.05 bits per heavy atom. The topological polar surface area (TPSA) is 0 Å². The second-order valence-electron chi connectivity index (χ2n) is 14.9. The molecule has 0 bridgehead atoms. The van der Waals surface area contributed by atoms with Crippen molar-refractivity contribution in [2.45, 2.75) is 215 Å². The number of fused-ring (bicyclic) bond motifs is 1. The van der Waals surface area contributed by atoms with Crippen molar-refractivity contribution in [2.75, 3.05) is 0 Å². The first kappa shape index (κ1) is 39.6. The Morgan fingerprint density at radius 1 is 0.395 bits per heavy atom. The van der Waals surface area contributed by atoms with Gasteiger partial charge in [0.05, 0.1) is 0 Å². The second kappa shape index (κ2) is 24.6. The molecule has 250 valence electrons. The molecule has 0 saturated heterocycles. The Morgan fingerprint density at radius 2 is 0.698 bits per heavy atom. The van der Waals surface area contributed by atoms with Crippen molar-refractivity contribution in [3.05, 3.63) is 16.0 Å². The zero-order valence-corrected chi connectivity index (χ0v) is 34.6. The second-order valence-corrected chi connectivity index (χ2v) is 32.5. The molecule has 0 N–H and O–H groups in total. The molecule has 43 heavy (non-hydrogen) atoms. The van der Waals surface area contributed by atoms with Gasteiger partial charge in [0, 0.05) is 0 Å². The summed E-state index contributed by atoms with van der Waals surface area (Å²) in [5.74, 6) is 0. The summed E-state index contributed by atoms with van der Waals surface area (Å²) in [6, 6.07) is 0. The molecule has 3 heteroatoms. The van der Waals surface area contributed by atoms with Gasteiger partial charge in [-0.15, -0.1) is 0 Å². The van der Waals surface area contributed by atoms with Crippen molar-refractivity contribution < 1.29 is 0 Å². The predicted molar refractivity (Wildman–Crippen MR) is 206 cm³/mol. The molecule has 0 nitrogen and oxygen atoms in total.